The molecule has 14 heavy (non-hydrogen) atoms. The fourth-order valence-electron chi connectivity index (χ4n) is 1.10. The van der Waals surface area contributed by atoms with Gasteiger partial charge in [-0.2, -0.15) is 0 Å². The van der Waals surface area contributed by atoms with E-state index in [0.717, 1.165) is 17.3 Å². The maximum Gasteiger partial charge on any atom is 0.321 e. The Hall–Kier alpha value is -0.350. The van der Waals surface area contributed by atoms with Crippen molar-refractivity contribution in [3.8, 4) is 0 Å². The van der Waals surface area contributed by atoms with Crippen molar-refractivity contribution < 1.29 is 9.90 Å². The first-order valence-corrected chi connectivity index (χ1v) is 6.20. The first-order chi connectivity index (χ1) is 6.65. The van der Waals surface area contributed by atoms with Crippen LogP contribution in [0.2, 0.25) is 0 Å². The van der Waals surface area contributed by atoms with E-state index in [1.165, 1.54) is 5.56 Å². The summed E-state index contributed by atoms with van der Waals surface area (Å²) in [5, 5.41) is 9.67. The molecule has 1 atom stereocenters. The lowest BCUT2D eigenvalue weighted by Gasteiger charge is -2.05. The SMILES string of the molecule is O=C(O)C(Br)c1ccc(CCBr)cc1. The molecule has 0 amide bonds. The standard InChI is InChI=1S/C10H10Br2O2/c11-6-5-7-1-3-8(4-2-7)9(12)10(13)14/h1-4,9H,5-6H2,(H,13,14). The fraction of sp³-hybridized carbons (Fsp3) is 0.300. The molecule has 1 rings (SSSR count). The second-order valence-electron chi connectivity index (χ2n) is 2.88. The maximum atomic E-state index is 10.7. The highest BCUT2D eigenvalue weighted by atomic mass is 79.9. The van der Waals surface area contributed by atoms with Crippen molar-refractivity contribution >= 4 is 37.8 Å². The van der Waals surface area contributed by atoms with Gasteiger partial charge >= 0.3 is 5.97 Å². The molecule has 0 bridgehead atoms. The summed E-state index contributed by atoms with van der Waals surface area (Å²) in [5.41, 5.74) is 1.98. The van der Waals surface area contributed by atoms with Gasteiger partial charge in [0.05, 0.1) is 0 Å². The van der Waals surface area contributed by atoms with E-state index in [-0.39, 0.29) is 0 Å². The zero-order chi connectivity index (χ0) is 10.6. The third kappa shape index (κ3) is 3.10. The van der Waals surface area contributed by atoms with Crippen LogP contribution < -0.4 is 0 Å². The molecule has 76 valence electrons. The molecular formula is C10H10Br2O2. The molecule has 0 fully saturated rings. The zero-order valence-corrected chi connectivity index (χ0v) is 10.6. The van der Waals surface area contributed by atoms with Gasteiger partial charge in [-0.1, -0.05) is 56.1 Å². The Balaban J connectivity index is 2.77. The van der Waals surface area contributed by atoms with Crippen molar-refractivity contribution in [3.05, 3.63) is 35.4 Å². The van der Waals surface area contributed by atoms with Crippen molar-refractivity contribution in [1.29, 1.82) is 0 Å². The van der Waals surface area contributed by atoms with Crippen LogP contribution in [0.5, 0.6) is 0 Å². The third-order valence-corrected chi connectivity index (χ3v) is 3.19. The quantitative estimate of drug-likeness (QED) is 0.865. The topological polar surface area (TPSA) is 37.3 Å². The molecule has 1 aromatic carbocycles. The number of hydrogen-bond acceptors (Lipinski definition) is 1. The maximum absolute atomic E-state index is 10.7. The Labute approximate surface area is 99.6 Å². The van der Waals surface area contributed by atoms with Gasteiger partial charge in [0.25, 0.3) is 0 Å². The Morgan fingerprint density at radius 1 is 1.36 bits per heavy atom. The molecule has 0 saturated heterocycles. The average Bonchev–Trinajstić information content (AvgIpc) is 2.18. The van der Waals surface area contributed by atoms with Crippen LogP contribution in [0.25, 0.3) is 0 Å². The highest BCUT2D eigenvalue weighted by Crippen LogP contribution is 2.23. The minimum atomic E-state index is -0.863. The van der Waals surface area contributed by atoms with E-state index in [2.05, 4.69) is 31.9 Å². The van der Waals surface area contributed by atoms with Crippen molar-refractivity contribution in [2.75, 3.05) is 5.33 Å². The lowest BCUT2D eigenvalue weighted by Crippen LogP contribution is -2.04. The first kappa shape index (κ1) is 11.7. The number of halogens is 2. The molecule has 0 aliphatic rings. The van der Waals surface area contributed by atoms with Crippen molar-refractivity contribution in [1.82, 2.24) is 0 Å². The number of carbonyl (C=O) groups is 1. The van der Waals surface area contributed by atoms with E-state index in [1.807, 2.05) is 24.3 Å². The molecular weight excluding hydrogens is 312 g/mol. The number of benzene rings is 1. The molecule has 0 spiro atoms. The van der Waals surface area contributed by atoms with E-state index in [0.29, 0.717) is 0 Å². The molecule has 4 heteroatoms. The monoisotopic (exact) mass is 320 g/mol. The van der Waals surface area contributed by atoms with Crippen molar-refractivity contribution in [3.63, 3.8) is 0 Å². The summed E-state index contributed by atoms with van der Waals surface area (Å²) < 4.78 is 0. The summed E-state index contributed by atoms with van der Waals surface area (Å²) in [6.07, 6.45) is 0.959. The minimum Gasteiger partial charge on any atom is -0.480 e. The number of rotatable bonds is 4. The van der Waals surface area contributed by atoms with Gasteiger partial charge in [-0.05, 0) is 17.5 Å². The lowest BCUT2D eigenvalue weighted by atomic mass is 10.1. The lowest BCUT2D eigenvalue weighted by molar-refractivity contribution is -0.136. The normalized spacial score (nSPS) is 12.4. The van der Waals surface area contributed by atoms with Crippen LogP contribution in [0.3, 0.4) is 0 Å². The smallest absolute Gasteiger partial charge is 0.321 e. The summed E-state index contributed by atoms with van der Waals surface area (Å²) in [7, 11) is 0. The van der Waals surface area contributed by atoms with Gasteiger partial charge in [0.15, 0.2) is 0 Å². The number of aliphatic carboxylic acids is 1. The van der Waals surface area contributed by atoms with Gasteiger partial charge in [-0.3, -0.25) is 4.79 Å². The van der Waals surface area contributed by atoms with Crippen molar-refractivity contribution in [2.24, 2.45) is 0 Å². The van der Waals surface area contributed by atoms with Crippen LogP contribution in [-0.4, -0.2) is 16.4 Å². The molecule has 1 aromatic rings. The zero-order valence-electron chi connectivity index (χ0n) is 7.41. The molecule has 0 aromatic heterocycles. The number of carboxylic acid groups (broad SMARTS) is 1. The van der Waals surface area contributed by atoms with Crippen LogP contribution in [0.1, 0.15) is 16.0 Å². The van der Waals surface area contributed by atoms with Gasteiger partial charge < -0.3 is 5.11 Å². The summed E-state index contributed by atoms with van der Waals surface area (Å²) in [5.74, 6) is -0.863. The Morgan fingerprint density at radius 3 is 2.36 bits per heavy atom. The largest absolute Gasteiger partial charge is 0.480 e. The Bertz CT molecular complexity index is 308. The van der Waals surface area contributed by atoms with Gasteiger partial charge in [0.1, 0.15) is 4.83 Å². The summed E-state index contributed by atoms with van der Waals surface area (Å²) >= 11 is 6.46. The molecule has 0 saturated carbocycles. The van der Waals surface area contributed by atoms with E-state index < -0.39 is 10.8 Å². The molecule has 0 radical (unpaired) electrons. The molecule has 0 heterocycles. The number of carboxylic acids is 1. The number of aryl methyl sites for hydroxylation is 1. The van der Waals surface area contributed by atoms with Gasteiger partial charge in [0.2, 0.25) is 0 Å². The third-order valence-electron chi connectivity index (χ3n) is 1.87. The highest BCUT2D eigenvalue weighted by Gasteiger charge is 2.14. The second kappa shape index (κ2) is 5.51. The van der Waals surface area contributed by atoms with E-state index in [4.69, 9.17) is 5.11 Å². The van der Waals surface area contributed by atoms with Gasteiger partial charge in [0, 0.05) is 5.33 Å². The second-order valence-corrected chi connectivity index (χ2v) is 4.59. The fourth-order valence-corrected chi connectivity index (χ4v) is 1.87. The van der Waals surface area contributed by atoms with E-state index >= 15 is 0 Å². The molecule has 0 aliphatic heterocycles. The number of alkyl halides is 2. The predicted octanol–water partition coefficient (Wildman–Crippen LogP) is 3.14. The van der Waals surface area contributed by atoms with E-state index in [9.17, 15) is 4.79 Å². The van der Waals surface area contributed by atoms with Gasteiger partial charge in [-0.25, -0.2) is 0 Å². The molecule has 0 aliphatic carbocycles. The Kier molecular flexibility index (Phi) is 4.62. The van der Waals surface area contributed by atoms with Gasteiger partial charge in [-0.15, -0.1) is 0 Å². The summed E-state index contributed by atoms with van der Waals surface area (Å²) in [4.78, 5) is 10.0. The Morgan fingerprint density at radius 2 is 1.93 bits per heavy atom. The minimum absolute atomic E-state index is 0.611. The summed E-state index contributed by atoms with van der Waals surface area (Å²) in [6, 6.07) is 7.58. The predicted molar refractivity (Wildman–Crippen MR) is 63.2 cm³/mol. The van der Waals surface area contributed by atoms with Crippen LogP contribution in [-0.2, 0) is 11.2 Å². The highest BCUT2D eigenvalue weighted by molar-refractivity contribution is 9.09. The van der Waals surface area contributed by atoms with Crippen molar-refractivity contribution in [2.45, 2.75) is 11.2 Å². The molecule has 1 N–H and O–H groups in total. The van der Waals surface area contributed by atoms with Crippen LogP contribution in [0.4, 0.5) is 0 Å². The molecule has 2 nitrogen and oxygen atoms in total. The average molecular weight is 322 g/mol. The van der Waals surface area contributed by atoms with Crippen LogP contribution in [0, 0.1) is 0 Å². The van der Waals surface area contributed by atoms with Crippen LogP contribution >= 0.6 is 31.9 Å². The van der Waals surface area contributed by atoms with E-state index in [1.54, 1.807) is 0 Å². The van der Waals surface area contributed by atoms with Crippen LogP contribution in [0.15, 0.2) is 24.3 Å². The number of hydrogen-bond donors (Lipinski definition) is 1. The summed E-state index contributed by atoms with van der Waals surface area (Å²) in [6.45, 7) is 0. The first-order valence-electron chi connectivity index (χ1n) is 4.17. The molecule has 1 unspecified atom stereocenters.